The van der Waals surface area contributed by atoms with E-state index < -0.39 is 17.6 Å². The van der Waals surface area contributed by atoms with Gasteiger partial charge in [0, 0.05) is 74.5 Å². The van der Waals surface area contributed by atoms with Crippen molar-refractivity contribution in [2.75, 3.05) is 92.6 Å². The molecule has 2 aliphatic heterocycles. The molecule has 0 spiro atoms. The van der Waals surface area contributed by atoms with Crippen LogP contribution in [0.25, 0.3) is 11.1 Å². The summed E-state index contributed by atoms with van der Waals surface area (Å²) in [7, 11) is 0. The lowest BCUT2D eigenvalue weighted by atomic mass is 10.0. The maximum Gasteiger partial charge on any atom is 0.416 e. The molecule has 44 heavy (non-hydrogen) atoms. The highest BCUT2D eigenvalue weighted by Gasteiger charge is 2.33. The van der Waals surface area contributed by atoms with Crippen molar-refractivity contribution in [3.63, 3.8) is 0 Å². The summed E-state index contributed by atoms with van der Waals surface area (Å²) in [6, 6.07) is 8.98. The maximum absolute atomic E-state index is 14.0. The van der Waals surface area contributed by atoms with Crippen molar-refractivity contribution in [3.8, 4) is 11.1 Å². The number of amides is 1. The predicted octanol–water partition coefficient (Wildman–Crippen LogP) is 4.11. The van der Waals surface area contributed by atoms with Gasteiger partial charge in [-0.15, -0.1) is 0 Å². The van der Waals surface area contributed by atoms with Crippen LogP contribution in [0.15, 0.2) is 42.6 Å². The minimum absolute atomic E-state index is 0.0525. The van der Waals surface area contributed by atoms with E-state index in [0.29, 0.717) is 74.6 Å². The zero-order chi connectivity index (χ0) is 31.3. The molecule has 13 heteroatoms. The van der Waals surface area contributed by atoms with E-state index in [1.165, 1.54) is 6.07 Å². The van der Waals surface area contributed by atoms with Gasteiger partial charge >= 0.3 is 6.18 Å². The number of pyridine rings is 2. The molecule has 1 aromatic carbocycles. The number of ether oxygens (including phenoxy) is 1. The molecule has 2 fully saturated rings. The van der Waals surface area contributed by atoms with Crippen molar-refractivity contribution >= 4 is 28.9 Å². The van der Waals surface area contributed by atoms with E-state index in [1.807, 2.05) is 28.9 Å². The van der Waals surface area contributed by atoms with Crippen molar-refractivity contribution in [3.05, 3.63) is 59.4 Å². The Morgan fingerprint density at radius 1 is 1.02 bits per heavy atom. The molecule has 10 nitrogen and oxygen atoms in total. The van der Waals surface area contributed by atoms with Gasteiger partial charge in [-0.1, -0.05) is 6.92 Å². The Labute approximate surface area is 254 Å². The van der Waals surface area contributed by atoms with Gasteiger partial charge in [-0.05, 0) is 55.4 Å². The molecule has 0 atom stereocenters. The highest BCUT2D eigenvalue weighted by atomic mass is 19.4. The molecule has 236 valence electrons. The molecule has 4 heterocycles. The van der Waals surface area contributed by atoms with Crippen molar-refractivity contribution in [2.45, 2.75) is 20.0 Å². The number of aliphatic hydroxyl groups is 1. The third-order valence-corrected chi connectivity index (χ3v) is 7.93. The molecule has 0 bridgehead atoms. The lowest BCUT2D eigenvalue weighted by Gasteiger charge is -2.36. The van der Waals surface area contributed by atoms with Crippen molar-refractivity contribution in [1.82, 2.24) is 14.9 Å². The summed E-state index contributed by atoms with van der Waals surface area (Å²) in [6.45, 7) is 9.78. The molecular formula is C31H38F3N7O3. The smallest absolute Gasteiger partial charge is 0.395 e. The molecule has 1 amide bonds. The minimum Gasteiger partial charge on any atom is -0.395 e. The van der Waals surface area contributed by atoms with Crippen LogP contribution in [0.2, 0.25) is 0 Å². The molecule has 2 aromatic heterocycles. The van der Waals surface area contributed by atoms with E-state index >= 15 is 0 Å². The van der Waals surface area contributed by atoms with Crippen LogP contribution in [0.3, 0.4) is 0 Å². The molecule has 0 unspecified atom stereocenters. The number of likely N-dealkylation sites (N-methyl/N-ethyl adjacent to an activating group) is 1. The first kappa shape index (κ1) is 31.5. The van der Waals surface area contributed by atoms with Crippen LogP contribution in [0.4, 0.5) is 36.2 Å². The summed E-state index contributed by atoms with van der Waals surface area (Å²) in [6.07, 6.45) is -2.98. The number of morpholine rings is 1. The largest absolute Gasteiger partial charge is 0.416 e. The van der Waals surface area contributed by atoms with Crippen molar-refractivity contribution in [1.29, 1.82) is 0 Å². The number of benzene rings is 1. The number of hydrogen-bond donors (Lipinski definition) is 3. The van der Waals surface area contributed by atoms with Crippen molar-refractivity contribution < 1.29 is 27.8 Å². The highest BCUT2D eigenvalue weighted by Crippen LogP contribution is 2.36. The second-order valence-corrected chi connectivity index (χ2v) is 10.8. The van der Waals surface area contributed by atoms with Crippen LogP contribution in [0.5, 0.6) is 0 Å². The monoisotopic (exact) mass is 613 g/mol. The zero-order valence-corrected chi connectivity index (χ0v) is 25.0. The van der Waals surface area contributed by atoms with Crippen LogP contribution in [-0.2, 0) is 10.9 Å². The van der Waals surface area contributed by atoms with Crippen LogP contribution < -0.4 is 20.4 Å². The Hall–Kier alpha value is -3.94. The number of halogens is 3. The normalized spacial score (nSPS) is 16.2. The molecule has 2 saturated heterocycles. The van der Waals surface area contributed by atoms with Gasteiger partial charge in [0.1, 0.15) is 5.82 Å². The second kappa shape index (κ2) is 13.8. The van der Waals surface area contributed by atoms with Gasteiger partial charge in [0.2, 0.25) is 0 Å². The van der Waals surface area contributed by atoms with E-state index in [4.69, 9.17) is 9.72 Å². The van der Waals surface area contributed by atoms with Gasteiger partial charge in [0.25, 0.3) is 5.91 Å². The predicted molar refractivity (Wildman–Crippen MR) is 165 cm³/mol. The Kier molecular flexibility index (Phi) is 9.87. The van der Waals surface area contributed by atoms with Gasteiger partial charge in [0.15, 0.2) is 5.82 Å². The van der Waals surface area contributed by atoms with Gasteiger partial charge in [-0.25, -0.2) is 9.97 Å². The number of nitrogens with one attached hydrogen (secondary N) is 2. The third-order valence-electron chi connectivity index (χ3n) is 7.93. The van der Waals surface area contributed by atoms with E-state index in [2.05, 4.69) is 27.4 Å². The number of rotatable bonds is 9. The number of hydrogen-bond acceptors (Lipinski definition) is 9. The lowest BCUT2D eigenvalue weighted by molar-refractivity contribution is -0.137. The average molecular weight is 614 g/mol. The molecule has 3 N–H and O–H groups in total. The molecule has 2 aliphatic rings. The molecule has 0 radical (unpaired) electrons. The lowest BCUT2D eigenvalue weighted by Crippen LogP contribution is -2.46. The second-order valence-electron chi connectivity index (χ2n) is 10.8. The van der Waals surface area contributed by atoms with Crippen molar-refractivity contribution in [2.24, 2.45) is 0 Å². The molecule has 3 aromatic rings. The van der Waals surface area contributed by atoms with Gasteiger partial charge in [0.05, 0.1) is 31.1 Å². The van der Waals surface area contributed by atoms with E-state index in [0.717, 1.165) is 42.9 Å². The van der Waals surface area contributed by atoms with Gasteiger partial charge in [-0.2, -0.15) is 13.2 Å². The first-order valence-corrected chi connectivity index (χ1v) is 14.8. The highest BCUT2D eigenvalue weighted by molar-refractivity contribution is 6.07. The van der Waals surface area contributed by atoms with Gasteiger partial charge < -0.3 is 35.2 Å². The van der Waals surface area contributed by atoms with E-state index in [9.17, 15) is 23.1 Å². The first-order valence-electron chi connectivity index (χ1n) is 14.8. The number of alkyl halides is 3. The fourth-order valence-electron chi connectivity index (χ4n) is 5.48. The number of carbonyl (C=O) groups is 1. The van der Waals surface area contributed by atoms with E-state index in [1.54, 1.807) is 12.3 Å². The van der Waals surface area contributed by atoms with Crippen LogP contribution in [-0.4, -0.2) is 98.1 Å². The molecule has 5 rings (SSSR count). The van der Waals surface area contributed by atoms with Crippen LogP contribution >= 0.6 is 0 Å². The molecule has 0 aliphatic carbocycles. The van der Waals surface area contributed by atoms with Crippen LogP contribution in [0.1, 0.15) is 28.5 Å². The number of nitrogens with zero attached hydrogens (tertiary/aromatic N) is 5. The third kappa shape index (κ3) is 7.40. The summed E-state index contributed by atoms with van der Waals surface area (Å²) < 4.78 is 47.5. The maximum atomic E-state index is 14.0. The zero-order valence-electron chi connectivity index (χ0n) is 25.0. The Bertz CT molecular complexity index is 1460. The SMILES string of the molecule is CCN1CCN(c2cc(C(=O)Nc3cc(-c4ccnc(NCCO)c4)c(C)nc3N3CCOCC3)cc(C(F)(F)F)c2)CC1. The number of piperazine rings is 1. The van der Waals surface area contributed by atoms with Crippen LogP contribution in [0, 0.1) is 6.92 Å². The van der Waals surface area contributed by atoms with E-state index in [-0.39, 0.29) is 12.2 Å². The number of aryl methyl sites for hydroxylation is 1. The number of aromatic nitrogens is 2. The summed E-state index contributed by atoms with van der Waals surface area (Å²) in [5, 5.41) is 15.1. The summed E-state index contributed by atoms with van der Waals surface area (Å²) in [5.41, 5.74) is 2.02. The Morgan fingerprint density at radius 2 is 1.77 bits per heavy atom. The fraction of sp³-hybridized carbons (Fsp3) is 0.452. The summed E-state index contributed by atoms with van der Waals surface area (Å²) in [5.74, 6) is 0.434. The standard InChI is InChI=1S/C31H38F3N7O3/c1-3-39-7-9-40(10-8-39)25-17-23(16-24(19-25)31(32,33)34)30(43)38-27-20-26(22-4-5-35-28(18-22)36-6-13-42)21(2)37-29(27)41-11-14-44-15-12-41/h4-5,16-20,42H,3,6-15H2,1-2H3,(H,35,36)(H,38,43). The molecular weight excluding hydrogens is 575 g/mol. The summed E-state index contributed by atoms with van der Waals surface area (Å²) in [4.78, 5) is 29.0. The van der Waals surface area contributed by atoms with Gasteiger partial charge in [-0.3, -0.25) is 4.79 Å². The Morgan fingerprint density at radius 3 is 2.45 bits per heavy atom. The first-order chi connectivity index (χ1) is 21.2. The topological polar surface area (TPSA) is 106 Å². The molecule has 0 saturated carbocycles. The number of anilines is 4. The Balaban J connectivity index is 1.51. The minimum atomic E-state index is -4.61. The quantitative estimate of drug-likeness (QED) is 0.329. The number of aliphatic hydroxyl groups excluding tert-OH is 1. The average Bonchev–Trinajstić information content (AvgIpc) is 3.04. The summed E-state index contributed by atoms with van der Waals surface area (Å²) >= 11 is 0. The fourth-order valence-corrected chi connectivity index (χ4v) is 5.48. The number of carbonyl (C=O) groups excluding carboxylic acids is 1.